The van der Waals surface area contributed by atoms with Gasteiger partial charge in [-0.1, -0.05) is 11.6 Å². The van der Waals surface area contributed by atoms with Crippen LogP contribution in [-0.4, -0.2) is 37.7 Å². The van der Waals surface area contributed by atoms with Crippen molar-refractivity contribution >= 4 is 24.0 Å². The molecule has 1 saturated heterocycles. The Morgan fingerprint density at radius 1 is 1.50 bits per heavy atom. The molecule has 1 aromatic rings. The summed E-state index contributed by atoms with van der Waals surface area (Å²) < 4.78 is 5.23. The van der Waals surface area contributed by atoms with Crippen LogP contribution in [0.15, 0.2) is 18.2 Å². The molecule has 1 heterocycles. The molecular formula is C13H20Cl2N2O. The van der Waals surface area contributed by atoms with Crippen LogP contribution in [0, 0.1) is 0 Å². The lowest BCUT2D eigenvalue weighted by atomic mass is 10.1. The highest BCUT2D eigenvalue weighted by atomic mass is 35.5. The van der Waals surface area contributed by atoms with E-state index in [1.165, 1.54) is 0 Å². The molecule has 0 saturated carbocycles. The summed E-state index contributed by atoms with van der Waals surface area (Å²) in [4.78, 5) is 2.42. The maximum Gasteiger partial charge on any atom is 0.119 e. The molecule has 0 aliphatic carbocycles. The average molecular weight is 291 g/mol. The Morgan fingerprint density at radius 3 is 2.94 bits per heavy atom. The van der Waals surface area contributed by atoms with Crippen molar-refractivity contribution in [2.45, 2.75) is 19.5 Å². The van der Waals surface area contributed by atoms with Gasteiger partial charge in [-0.05, 0) is 30.7 Å². The number of rotatable bonds is 3. The van der Waals surface area contributed by atoms with Gasteiger partial charge in [0, 0.05) is 37.2 Å². The number of piperazine rings is 1. The van der Waals surface area contributed by atoms with E-state index in [2.05, 4.69) is 17.1 Å². The number of ether oxygens (including phenoxy) is 1. The van der Waals surface area contributed by atoms with Crippen LogP contribution in [0.4, 0.5) is 0 Å². The summed E-state index contributed by atoms with van der Waals surface area (Å²) in [6.45, 7) is 6.27. The van der Waals surface area contributed by atoms with Gasteiger partial charge in [-0.3, -0.25) is 4.90 Å². The molecule has 1 atom stereocenters. The van der Waals surface area contributed by atoms with Gasteiger partial charge in [0.1, 0.15) is 5.75 Å². The minimum Gasteiger partial charge on any atom is -0.497 e. The molecule has 2 rings (SSSR count). The standard InChI is InChI=1S/C13H19ClN2O.ClH/c1-10-8-16(6-5-15-10)9-11-7-12(17-2)3-4-13(11)14;/h3-4,7,10,15H,5-6,8-9H2,1-2H3;1H. The zero-order chi connectivity index (χ0) is 12.3. The maximum absolute atomic E-state index is 6.21. The van der Waals surface area contributed by atoms with Crippen LogP contribution in [0.5, 0.6) is 5.75 Å². The van der Waals surface area contributed by atoms with Crippen molar-refractivity contribution in [3.63, 3.8) is 0 Å². The summed E-state index contributed by atoms with van der Waals surface area (Å²) in [5.41, 5.74) is 1.14. The van der Waals surface area contributed by atoms with Crippen LogP contribution < -0.4 is 10.1 Å². The second kappa shape index (κ2) is 7.19. The first-order valence-corrected chi connectivity index (χ1v) is 6.35. The molecule has 0 amide bonds. The van der Waals surface area contributed by atoms with Crippen LogP contribution in [-0.2, 0) is 6.54 Å². The van der Waals surface area contributed by atoms with E-state index in [1.807, 2.05) is 18.2 Å². The van der Waals surface area contributed by atoms with E-state index >= 15 is 0 Å². The van der Waals surface area contributed by atoms with Gasteiger partial charge in [-0.2, -0.15) is 0 Å². The van der Waals surface area contributed by atoms with Gasteiger partial charge in [0.25, 0.3) is 0 Å². The number of nitrogens with zero attached hydrogens (tertiary/aromatic N) is 1. The Hall–Kier alpha value is -0.480. The molecule has 3 nitrogen and oxygen atoms in total. The normalized spacial score (nSPS) is 20.3. The highest BCUT2D eigenvalue weighted by molar-refractivity contribution is 6.31. The van der Waals surface area contributed by atoms with E-state index in [0.717, 1.165) is 42.5 Å². The van der Waals surface area contributed by atoms with E-state index in [0.29, 0.717) is 6.04 Å². The summed E-state index contributed by atoms with van der Waals surface area (Å²) in [5, 5.41) is 4.25. The molecule has 1 fully saturated rings. The van der Waals surface area contributed by atoms with E-state index in [4.69, 9.17) is 16.3 Å². The quantitative estimate of drug-likeness (QED) is 0.926. The van der Waals surface area contributed by atoms with E-state index in [-0.39, 0.29) is 12.4 Å². The maximum atomic E-state index is 6.21. The van der Waals surface area contributed by atoms with Crippen molar-refractivity contribution in [2.24, 2.45) is 0 Å². The Morgan fingerprint density at radius 2 is 2.28 bits per heavy atom. The third-order valence-electron chi connectivity index (χ3n) is 3.10. The van der Waals surface area contributed by atoms with Crippen molar-refractivity contribution in [3.8, 4) is 5.75 Å². The Labute approximate surface area is 120 Å². The molecular weight excluding hydrogens is 271 g/mol. The molecule has 1 unspecified atom stereocenters. The zero-order valence-corrected chi connectivity index (χ0v) is 12.4. The second-order valence-corrected chi connectivity index (χ2v) is 4.95. The van der Waals surface area contributed by atoms with Gasteiger partial charge in [-0.25, -0.2) is 0 Å². The van der Waals surface area contributed by atoms with Crippen LogP contribution >= 0.6 is 24.0 Å². The summed E-state index contributed by atoms with van der Waals surface area (Å²) in [5.74, 6) is 0.868. The smallest absolute Gasteiger partial charge is 0.119 e. The fraction of sp³-hybridized carbons (Fsp3) is 0.538. The van der Waals surface area contributed by atoms with Gasteiger partial charge < -0.3 is 10.1 Å². The van der Waals surface area contributed by atoms with Gasteiger partial charge in [0.15, 0.2) is 0 Å². The molecule has 18 heavy (non-hydrogen) atoms. The lowest BCUT2D eigenvalue weighted by Gasteiger charge is -2.32. The van der Waals surface area contributed by atoms with Gasteiger partial charge in [0.05, 0.1) is 7.11 Å². The summed E-state index contributed by atoms with van der Waals surface area (Å²) in [7, 11) is 1.68. The van der Waals surface area contributed by atoms with E-state index in [1.54, 1.807) is 7.11 Å². The van der Waals surface area contributed by atoms with Crippen molar-refractivity contribution in [1.82, 2.24) is 10.2 Å². The minimum atomic E-state index is 0. The lowest BCUT2D eigenvalue weighted by molar-refractivity contribution is 0.199. The molecule has 5 heteroatoms. The largest absolute Gasteiger partial charge is 0.497 e. The SMILES string of the molecule is COc1ccc(Cl)c(CN2CCNC(C)C2)c1.Cl. The first-order valence-electron chi connectivity index (χ1n) is 5.97. The Balaban J connectivity index is 0.00000162. The first-order chi connectivity index (χ1) is 8.19. The monoisotopic (exact) mass is 290 g/mol. The van der Waals surface area contributed by atoms with Crippen LogP contribution in [0.25, 0.3) is 0 Å². The fourth-order valence-electron chi connectivity index (χ4n) is 2.20. The molecule has 0 spiro atoms. The highest BCUT2D eigenvalue weighted by Gasteiger charge is 2.16. The topological polar surface area (TPSA) is 24.5 Å². The Bertz CT molecular complexity index is 387. The summed E-state index contributed by atoms with van der Waals surface area (Å²) >= 11 is 6.21. The van der Waals surface area contributed by atoms with Gasteiger partial charge >= 0.3 is 0 Å². The Kier molecular flexibility index (Phi) is 6.22. The third kappa shape index (κ3) is 4.02. The zero-order valence-electron chi connectivity index (χ0n) is 10.8. The number of benzene rings is 1. The number of hydrogen-bond donors (Lipinski definition) is 1. The molecule has 0 bridgehead atoms. The third-order valence-corrected chi connectivity index (χ3v) is 3.47. The number of hydrogen-bond acceptors (Lipinski definition) is 3. The molecule has 1 aromatic carbocycles. The van der Waals surface area contributed by atoms with Crippen molar-refractivity contribution < 1.29 is 4.74 Å². The van der Waals surface area contributed by atoms with Crippen molar-refractivity contribution in [2.75, 3.05) is 26.7 Å². The minimum absolute atomic E-state index is 0. The molecule has 1 aliphatic rings. The first kappa shape index (κ1) is 15.6. The fourth-order valence-corrected chi connectivity index (χ4v) is 2.37. The molecule has 102 valence electrons. The average Bonchev–Trinajstić information content (AvgIpc) is 2.32. The van der Waals surface area contributed by atoms with Crippen molar-refractivity contribution in [3.05, 3.63) is 28.8 Å². The predicted molar refractivity (Wildman–Crippen MR) is 78.0 cm³/mol. The van der Waals surface area contributed by atoms with Gasteiger partial charge in [-0.15, -0.1) is 12.4 Å². The molecule has 0 radical (unpaired) electrons. The highest BCUT2D eigenvalue weighted by Crippen LogP contribution is 2.23. The predicted octanol–water partition coefficient (Wildman–Crippen LogP) is 2.56. The van der Waals surface area contributed by atoms with E-state index < -0.39 is 0 Å². The van der Waals surface area contributed by atoms with E-state index in [9.17, 15) is 0 Å². The van der Waals surface area contributed by atoms with Gasteiger partial charge in [0.2, 0.25) is 0 Å². The number of nitrogens with one attached hydrogen (secondary N) is 1. The number of halogens is 2. The lowest BCUT2D eigenvalue weighted by Crippen LogP contribution is -2.48. The van der Waals surface area contributed by atoms with Crippen molar-refractivity contribution in [1.29, 1.82) is 0 Å². The summed E-state index contributed by atoms with van der Waals surface area (Å²) in [6.07, 6.45) is 0. The molecule has 1 aliphatic heterocycles. The van der Waals surface area contributed by atoms with Crippen LogP contribution in [0.3, 0.4) is 0 Å². The second-order valence-electron chi connectivity index (χ2n) is 4.55. The van der Waals surface area contributed by atoms with Crippen LogP contribution in [0.2, 0.25) is 5.02 Å². The summed E-state index contributed by atoms with van der Waals surface area (Å²) in [6, 6.07) is 6.37. The molecule has 0 aromatic heterocycles. The molecule has 1 N–H and O–H groups in total. The number of methoxy groups -OCH3 is 1. The van der Waals surface area contributed by atoms with Crippen LogP contribution in [0.1, 0.15) is 12.5 Å².